The van der Waals surface area contributed by atoms with Gasteiger partial charge in [0, 0.05) is 6.54 Å². The zero-order valence-corrected chi connectivity index (χ0v) is 12.2. The molecule has 0 aromatic heterocycles. The Kier molecular flexibility index (Phi) is 7.87. The summed E-state index contributed by atoms with van der Waals surface area (Å²) in [6.07, 6.45) is 6.95. The van der Waals surface area contributed by atoms with Gasteiger partial charge in [-0.15, -0.1) is 0 Å². The maximum absolute atomic E-state index is 3.39. The molecule has 0 saturated carbocycles. The third-order valence-corrected chi connectivity index (χ3v) is 4.25. The quantitative estimate of drug-likeness (QED) is 0.656. The first-order chi connectivity index (χ1) is 8.24. The lowest BCUT2D eigenvalue weighted by Crippen LogP contribution is -2.38. The van der Waals surface area contributed by atoms with Crippen molar-refractivity contribution < 1.29 is 0 Å². The molecule has 0 amide bonds. The summed E-state index contributed by atoms with van der Waals surface area (Å²) in [5.41, 5.74) is 0. The standard InChI is InChI=1S/C15H32N2/c1-4-16-10-7-5-6-8-11-17-12-9-14(2)15(3)13-17/h14-16H,4-13H2,1-3H3. The largest absolute Gasteiger partial charge is 0.317 e. The van der Waals surface area contributed by atoms with E-state index in [1.165, 1.54) is 58.3 Å². The maximum atomic E-state index is 3.39. The molecule has 1 saturated heterocycles. The van der Waals surface area contributed by atoms with Gasteiger partial charge in [-0.3, -0.25) is 0 Å². The van der Waals surface area contributed by atoms with Crippen LogP contribution in [0.4, 0.5) is 0 Å². The highest BCUT2D eigenvalue weighted by molar-refractivity contribution is 4.74. The lowest BCUT2D eigenvalue weighted by Gasteiger charge is -2.35. The van der Waals surface area contributed by atoms with Gasteiger partial charge >= 0.3 is 0 Å². The van der Waals surface area contributed by atoms with E-state index < -0.39 is 0 Å². The zero-order valence-electron chi connectivity index (χ0n) is 12.2. The molecule has 102 valence electrons. The predicted molar refractivity (Wildman–Crippen MR) is 76.4 cm³/mol. The Morgan fingerprint density at radius 3 is 2.53 bits per heavy atom. The smallest absolute Gasteiger partial charge is 0.000957 e. The molecular formula is C15H32N2. The van der Waals surface area contributed by atoms with Crippen molar-refractivity contribution in [1.29, 1.82) is 0 Å². The van der Waals surface area contributed by atoms with Crippen LogP contribution in [0, 0.1) is 11.8 Å². The first-order valence-electron chi connectivity index (χ1n) is 7.67. The summed E-state index contributed by atoms with van der Waals surface area (Å²) in [4.78, 5) is 2.68. The summed E-state index contributed by atoms with van der Waals surface area (Å²) in [5.74, 6) is 1.84. The third kappa shape index (κ3) is 6.42. The molecule has 1 N–H and O–H groups in total. The molecule has 0 aliphatic carbocycles. The van der Waals surface area contributed by atoms with Crippen molar-refractivity contribution in [3.63, 3.8) is 0 Å². The number of unbranched alkanes of at least 4 members (excludes halogenated alkanes) is 3. The molecule has 0 spiro atoms. The van der Waals surface area contributed by atoms with Gasteiger partial charge in [-0.25, -0.2) is 0 Å². The molecule has 1 aliphatic rings. The number of nitrogens with one attached hydrogen (secondary N) is 1. The van der Waals surface area contributed by atoms with Crippen LogP contribution < -0.4 is 5.32 Å². The van der Waals surface area contributed by atoms with Gasteiger partial charge in [0.05, 0.1) is 0 Å². The Balaban J connectivity index is 1.92. The van der Waals surface area contributed by atoms with E-state index in [1.54, 1.807) is 0 Å². The Hall–Kier alpha value is -0.0800. The molecular weight excluding hydrogens is 208 g/mol. The Morgan fingerprint density at radius 2 is 1.82 bits per heavy atom. The average molecular weight is 240 g/mol. The summed E-state index contributed by atoms with van der Waals surface area (Å²) in [7, 11) is 0. The number of hydrogen-bond donors (Lipinski definition) is 1. The minimum Gasteiger partial charge on any atom is -0.317 e. The zero-order chi connectivity index (χ0) is 12.5. The second-order valence-electron chi connectivity index (χ2n) is 5.81. The Labute approximate surface area is 108 Å². The van der Waals surface area contributed by atoms with E-state index in [0.717, 1.165) is 18.4 Å². The van der Waals surface area contributed by atoms with Crippen molar-refractivity contribution in [2.45, 2.75) is 52.9 Å². The molecule has 0 bridgehead atoms. The second kappa shape index (κ2) is 8.93. The van der Waals surface area contributed by atoms with E-state index in [-0.39, 0.29) is 0 Å². The van der Waals surface area contributed by atoms with Crippen LogP contribution in [0.2, 0.25) is 0 Å². The highest BCUT2D eigenvalue weighted by atomic mass is 15.1. The fourth-order valence-corrected chi connectivity index (χ4v) is 2.67. The van der Waals surface area contributed by atoms with Crippen LogP contribution in [0.1, 0.15) is 52.9 Å². The summed E-state index contributed by atoms with van der Waals surface area (Å²) < 4.78 is 0. The minimum atomic E-state index is 0.900. The number of hydrogen-bond acceptors (Lipinski definition) is 2. The first kappa shape index (κ1) is 15.0. The molecule has 0 aromatic rings. The van der Waals surface area contributed by atoms with Gasteiger partial charge < -0.3 is 10.2 Å². The summed E-state index contributed by atoms with van der Waals surface area (Å²) in [6.45, 7) is 13.3. The first-order valence-corrected chi connectivity index (χ1v) is 7.67. The molecule has 2 nitrogen and oxygen atoms in total. The number of likely N-dealkylation sites (tertiary alicyclic amines) is 1. The molecule has 1 fully saturated rings. The van der Waals surface area contributed by atoms with Gasteiger partial charge in [0.25, 0.3) is 0 Å². The van der Waals surface area contributed by atoms with Crippen molar-refractivity contribution in [2.75, 3.05) is 32.7 Å². The summed E-state index contributed by atoms with van der Waals surface area (Å²) >= 11 is 0. The monoisotopic (exact) mass is 240 g/mol. The Morgan fingerprint density at radius 1 is 1.06 bits per heavy atom. The van der Waals surface area contributed by atoms with Gasteiger partial charge in [0.1, 0.15) is 0 Å². The van der Waals surface area contributed by atoms with E-state index in [2.05, 4.69) is 31.0 Å². The fourth-order valence-electron chi connectivity index (χ4n) is 2.67. The van der Waals surface area contributed by atoms with E-state index in [9.17, 15) is 0 Å². The van der Waals surface area contributed by atoms with Crippen LogP contribution in [-0.4, -0.2) is 37.6 Å². The van der Waals surface area contributed by atoms with Gasteiger partial charge in [0.2, 0.25) is 0 Å². The molecule has 0 radical (unpaired) electrons. The van der Waals surface area contributed by atoms with Crippen molar-refractivity contribution in [3.8, 4) is 0 Å². The third-order valence-electron chi connectivity index (χ3n) is 4.25. The molecule has 1 aliphatic heterocycles. The Bertz CT molecular complexity index is 182. The summed E-state index contributed by atoms with van der Waals surface area (Å²) in [6, 6.07) is 0. The maximum Gasteiger partial charge on any atom is 0.000957 e. The molecule has 1 rings (SSSR count). The highest BCUT2D eigenvalue weighted by Crippen LogP contribution is 2.22. The second-order valence-corrected chi connectivity index (χ2v) is 5.81. The number of nitrogens with zero attached hydrogens (tertiary/aromatic N) is 1. The van der Waals surface area contributed by atoms with E-state index >= 15 is 0 Å². The molecule has 2 unspecified atom stereocenters. The number of rotatable bonds is 8. The van der Waals surface area contributed by atoms with Crippen molar-refractivity contribution >= 4 is 0 Å². The van der Waals surface area contributed by atoms with Crippen LogP contribution in [0.5, 0.6) is 0 Å². The normalized spacial score (nSPS) is 26.3. The van der Waals surface area contributed by atoms with Crippen LogP contribution in [0.3, 0.4) is 0 Å². The van der Waals surface area contributed by atoms with E-state index in [0.29, 0.717) is 0 Å². The van der Waals surface area contributed by atoms with Gasteiger partial charge in [-0.05, 0) is 57.3 Å². The van der Waals surface area contributed by atoms with Crippen molar-refractivity contribution in [3.05, 3.63) is 0 Å². The lowest BCUT2D eigenvalue weighted by atomic mass is 9.88. The minimum absolute atomic E-state index is 0.900. The topological polar surface area (TPSA) is 15.3 Å². The molecule has 2 atom stereocenters. The predicted octanol–water partition coefficient (Wildman–Crippen LogP) is 3.13. The molecule has 1 heterocycles. The van der Waals surface area contributed by atoms with Crippen LogP contribution >= 0.6 is 0 Å². The van der Waals surface area contributed by atoms with Gasteiger partial charge in [0.15, 0.2) is 0 Å². The van der Waals surface area contributed by atoms with Crippen LogP contribution in [0.15, 0.2) is 0 Å². The summed E-state index contributed by atoms with van der Waals surface area (Å²) in [5, 5.41) is 3.39. The SMILES string of the molecule is CCNCCCCCCN1CCC(C)C(C)C1. The lowest BCUT2D eigenvalue weighted by molar-refractivity contribution is 0.136. The van der Waals surface area contributed by atoms with Crippen molar-refractivity contribution in [2.24, 2.45) is 11.8 Å². The fraction of sp³-hybridized carbons (Fsp3) is 1.00. The average Bonchev–Trinajstić information content (AvgIpc) is 2.32. The van der Waals surface area contributed by atoms with E-state index in [1.807, 2.05) is 0 Å². The van der Waals surface area contributed by atoms with Gasteiger partial charge in [-0.1, -0.05) is 33.6 Å². The van der Waals surface area contributed by atoms with E-state index in [4.69, 9.17) is 0 Å². The molecule has 17 heavy (non-hydrogen) atoms. The van der Waals surface area contributed by atoms with Gasteiger partial charge in [-0.2, -0.15) is 0 Å². The van der Waals surface area contributed by atoms with Crippen LogP contribution in [0.25, 0.3) is 0 Å². The van der Waals surface area contributed by atoms with Crippen LogP contribution in [-0.2, 0) is 0 Å². The van der Waals surface area contributed by atoms with Crippen molar-refractivity contribution in [1.82, 2.24) is 10.2 Å². The highest BCUT2D eigenvalue weighted by Gasteiger charge is 2.21. The number of piperidine rings is 1. The molecule has 2 heteroatoms. The molecule has 0 aromatic carbocycles.